The molecule has 88 valence electrons. The summed E-state index contributed by atoms with van der Waals surface area (Å²) in [6, 6.07) is 9.81. The van der Waals surface area contributed by atoms with Crippen molar-refractivity contribution in [2.24, 2.45) is 5.73 Å². The molecule has 0 atom stereocenters. The Bertz CT molecular complexity index is 541. The topological polar surface area (TPSA) is 56.2 Å². The Labute approximate surface area is 100 Å². The third-order valence-corrected chi connectivity index (χ3v) is 2.75. The minimum Gasteiger partial charge on any atom is -0.459 e. The van der Waals surface area contributed by atoms with Crippen LogP contribution in [-0.4, -0.2) is 5.91 Å². The normalized spacial score (nSPS) is 10.8. The number of rotatable bonds is 3. The molecule has 0 saturated carbocycles. The third kappa shape index (κ3) is 2.23. The molecule has 1 amide bonds. The van der Waals surface area contributed by atoms with Gasteiger partial charge < -0.3 is 10.2 Å². The van der Waals surface area contributed by atoms with Crippen LogP contribution in [0, 0.1) is 0 Å². The predicted molar refractivity (Wildman–Crippen MR) is 66.8 cm³/mol. The Balaban J connectivity index is 2.49. The van der Waals surface area contributed by atoms with E-state index in [9.17, 15) is 4.79 Å². The van der Waals surface area contributed by atoms with Crippen LogP contribution in [0.3, 0.4) is 0 Å². The summed E-state index contributed by atoms with van der Waals surface area (Å²) < 4.78 is 5.11. The Kier molecular flexibility index (Phi) is 3.00. The van der Waals surface area contributed by atoms with Crippen LogP contribution >= 0.6 is 0 Å². The van der Waals surface area contributed by atoms with E-state index in [-0.39, 0.29) is 5.76 Å². The van der Waals surface area contributed by atoms with Crippen molar-refractivity contribution in [3.8, 4) is 11.1 Å². The molecule has 1 aromatic heterocycles. The van der Waals surface area contributed by atoms with Gasteiger partial charge in [-0.25, -0.2) is 0 Å². The van der Waals surface area contributed by atoms with Crippen molar-refractivity contribution in [1.82, 2.24) is 0 Å². The van der Waals surface area contributed by atoms with E-state index in [1.165, 1.54) is 11.8 Å². The molecule has 2 N–H and O–H groups in total. The zero-order valence-corrected chi connectivity index (χ0v) is 9.94. The van der Waals surface area contributed by atoms with Crippen LogP contribution in [-0.2, 0) is 0 Å². The summed E-state index contributed by atoms with van der Waals surface area (Å²) in [5.41, 5.74) is 8.19. The number of primary amides is 1. The van der Waals surface area contributed by atoms with Crippen LogP contribution in [0.25, 0.3) is 11.1 Å². The van der Waals surface area contributed by atoms with Gasteiger partial charge in [-0.2, -0.15) is 0 Å². The lowest BCUT2D eigenvalue weighted by Crippen LogP contribution is -2.10. The van der Waals surface area contributed by atoms with Crippen LogP contribution in [0.1, 0.15) is 35.9 Å². The Morgan fingerprint density at radius 3 is 2.71 bits per heavy atom. The molecule has 0 saturated heterocycles. The fourth-order valence-corrected chi connectivity index (χ4v) is 1.79. The third-order valence-electron chi connectivity index (χ3n) is 2.75. The van der Waals surface area contributed by atoms with Gasteiger partial charge in [0.05, 0.1) is 6.26 Å². The standard InChI is InChI=1S/C14H15NO2/c1-9(2)10-4-3-5-11(8-10)12-6-7-17-13(12)14(15)16/h3-9H,1-2H3,(H2,15,16). The molecule has 17 heavy (non-hydrogen) atoms. The van der Waals surface area contributed by atoms with E-state index in [1.54, 1.807) is 6.07 Å². The van der Waals surface area contributed by atoms with Gasteiger partial charge in [0.15, 0.2) is 5.76 Å². The number of amides is 1. The van der Waals surface area contributed by atoms with E-state index in [2.05, 4.69) is 26.0 Å². The number of hydrogen-bond acceptors (Lipinski definition) is 2. The minimum atomic E-state index is -0.542. The van der Waals surface area contributed by atoms with Crippen LogP contribution in [0.2, 0.25) is 0 Å². The van der Waals surface area contributed by atoms with Gasteiger partial charge in [0.1, 0.15) is 0 Å². The largest absolute Gasteiger partial charge is 0.459 e. The second-order valence-corrected chi connectivity index (χ2v) is 4.31. The van der Waals surface area contributed by atoms with Crippen LogP contribution < -0.4 is 5.73 Å². The van der Waals surface area contributed by atoms with Gasteiger partial charge in [0.2, 0.25) is 0 Å². The number of nitrogens with two attached hydrogens (primary N) is 1. The highest BCUT2D eigenvalue weighted by Crippen LogP contribution is 2.27. The molecule has 2 aromatic rings. The maximum absolute atomic E-state index is 11.2. The highest BCUT2D eigenvalue weighted by atomic mass is 16.3. The zero-order valence-electron chi connectivity index (χ0n) is 9.94. The molecule has 0 spiro atoms. The monoisotopic (exact) mass is 229 g/mol. The van der Waals surface area contributed by atoms with Gasteiger partial charge in [-0.3, -0.25) is 4.79 Å². The molecule has 3 nitrogen and oxygen atoms in total. The van der Waals surface area contributed by atoms with Crippen molar-refractivity contribution in [2.75, 3.05) is 0 Å². The van der Waals surface area contributed by atoms with Crippen molar-refractivity contribution < 1.29 is 9.21 Å². The first-order valence-electron chi connectivity index (χ1n) is 5.57. The molecule has 2 rings (SSSR count). The molecule has 0 aliphatic carbocycles. The summed E-state index contributed by atoms with van der Waals surface area (Å²) in [5, 5.41) is 0. The van der Waals surface area contributed by atoms with Crippen LogP contribution in [0.4, 0.5) is 0 Å². The van der Waals surface area contributed by atoms with Gasteiger partial charge in [0, 0.05) is 5.56 Å². The van der Waals surface area contributed by atoms with Crippen molar-refractivity contribution in [3.63, 3.8) is 0 Å². The first kappa shape index (κ1) is 11.5. The first-order valence-corrected chi connectivity index (χ1v) is 5.57. The van der Waals surface area contributed by atoms with Crippen molar-refractivity contribution >= 4 is 5.91 Å². The average Bonchev–Trinajstić information content (AvgIpc) is 2.78. The summed E-state index contributed by atoms with van der Waals surface area (Å²) in [7, 11) is 0. The number of hydrogen-bond donors (Lipinski definition) is 1. The molecular weight excluding hydrogens is 214 g/mol. The fraction of sp³-hybridized carbons (Fsp3) is 0.214. The number of carbonyl (C=O) groups is 1. The maximum Gasteiger partial charge on any atom is 0.285 e. The predicted octanol–water partition coefficient (Wildman–Crippen LogP) is 3.17. The van der Waals surface area contributed by atoms with E-state index >= 15 is 0 Å². The lowest BCUT2D eigenvalue weighted by molar-refractivity contribution is 0.0975. The average molecular weight is 229 g/mol. The number of furan rings is 1. The SMILES string of the molecule is CC(C)c1cccc(-c2ccoc2C(N)=O)c1. The van der Waals surface area contributed by atoms with Crippen molar-refractivity contribution in [3.05, 3.63) is 47.9 Å². The number of carbonyl (C=O) groups excluding carboxylic acids is 1. The second kappa shape index (κ2) is 4.45. The summed E-state index contributed by atoms with van der Waals surface area (Å²) in [4.78, 5) is 11.2. The first-order chi connectivity index (χ1) is 8.09. The Morgan fingerprint density at radius 2 is 2.06 bits per heavy atom. The molecule has 3 heteroatoms. The highest BCUT2D eigenvalue weighted by Gasteiger charge is 2.14. The van der Waals surface area contributed by atoms with Crippen molar-refractivity contribution in [1.29, 1.82) is 0 Å². The molecule has 0 aliphatic rings. The van der Waals surface area contributed by atoms with E-state index in [1.807, 2.05) is 12.1 Å². The molecule has 0 bridgehead atoms. The Morgan fingerprint density at radius 1 is 1.29 bits per heavy atom. The molecule has 0 unspecified atom stereocenters. The zero-order chi connectivity index (χ0) is 12.4. The fourth-order valence-electron chi connectivity index (χ4n) is 1.79. The smallest absolute Gasteiger partial charge is 0.285 e. The number of benzene rings is 1. The summed E-state index contributed by atoms with van der Waals surface area (Å²) >= 11 is 0. The highest BCUT2D eigenvalue weighted by molar-refractivity contribution is 5.97. The quantitative estimate of drug-likeness (QED) is 0.878. The summed E-state index contributed by atoms with van der Waals surface area (Å²) in [6.07, 6.45) is 1.48. The molecule has 0 aliphatic heterocycles. The molecule has 0 fully saturated rings. The van der Waals surface area contributed by atoms with Gasteiger partial charge in [-0.05, 0) is 23.1 Å². The van der Waals surface area contributed by atoms with Gasteiger partial charge in [0.25, 0.3) is 5.91 Å². The van der Waals surface area contributed by atoms with Crippen molar-refractivity contribution in [2.45, 2.75) is 19.8 Å². The van der Waals surface area contributed by atoms with E-state index in [0.29, 0.717) is 5.92 Å². The van der Waals surface area contributed by atoms with Gasteiger partial charge >= 0.3 is 0 Å². The molecule has 1 heterocycles. The molecule has 1 aromatic carbocycles. The molecule has 0 radical (unpaired) electrons. The lowest BCUT2D eigenvalue weighted by Gasteiger charge is -2.07. The Hall–Kier alpha value is -2.03. The second-order valence-electron chi connectivity index (χ2n) is 4.31. The maximum atomic E-state index is 11.2. The van der Waals surface area contributed by atoms with Crippen LogP contribution in [0.15, 0.2) is 41.0 Å². The van der Waals surface area contributed by atoms with E-state index in [4.69, 9.17) is 10.2 Å². The lowest BCUT2D eigenvalue weighted by atomic mass is 9.97. The van der Waals surface area contributed by atoms with Gasteiger partial charge in [-0.1, -0.05) is 38.1 Å². The minimum absolute atomic E-state index is 0.214. The van der Waals surface area contributed by atoms with Crippen LogP contribution in [0.5, 0.6) is 0 Å². The molecular formula is C14H15NO2. The van der Waals surface area contributed by atoms with E-state index < -0.39 is 5.91 Å². The summed E-state index contributed by atoms with van der Waals surface area (Å²) in [6.45, 7) is 4.26. The van der Waals surface area contributed by atoms with Gasteiger partial charge in [-0.15, -0.1) is 0 Å². The summed E-state index contributed by atoms with van der Waals surface area (Å²) in [5.74, 6) is 0.115. The van der Waals surface area contributed by atoms with E-state index in [0.717, 1.165) is 11.1 Å².